The maximum atomic E-state index is 11.4. The van der Waals surface area contributed by atoms with E-state index in [4.69, 9.17) is 5.73 Å². The second kappa shape index (κ2) is 9.51. The van der Waals surface area contributed by atoms with Crippen molar-refractivity contribution in [1.82, 2.24) is 5.32 Å². The second-order valence-electron chi connectivity index (χ2n) is 3.76. The van der Waals surface area contributed by atoms with Gasteiger partial charge in [0.2, 0.25) is 11.8 Å². The fourth-order valence-electron chi connectivity index (χ4n) is 1.26. The van der Waals surface area contributed by atoms with Crippen molar-refractivity contribution < 1.29 is 9.59 Å². The number of hydrogen-bond acceptors (Lipinski definition) is 3. The third kappa shape index (κ3) is 8.59. The topological polar surface area (TPSA) is 72.2 Å². The molecule has 0 heterocycles. The first-order valence-corrected chi connectivity index (χ1v) is 6.88. The Labute approximate surface area is 102 Å². The van der Waals surface area contributed by atoms with E-state index in [1.165, 1.54) is 11.8 Å². The van der Waals surface area contributed by atoms with Gasteiger partial charge < -0.3 is 11.1 Å². The molecule has 0 rings (SSSR count). The van der Waals surface area contributed by atoms with Crippen molar-refractivity contribution in [3.63, 3.8) is 0 Å². The summed E-state index contributed by atoms with van der Waals surface area (Å²) in [5.41, 5.74) is 4.98. The van der Waals surface area contributed by atoms with Crippen LogP contribution >= 0.6 is 11.8 Å². The molecule has 0 spiro atoms. The first-order valence-electron chi connectivity index (χ1n) is 5.72. The highest BCUT2D eigenvalue weighted by Gasteiger charge is 2.06. The van der Waals surface area contributed by atoms with Crippen LogP contribution in [-0.4, -0.2) is 29.9 Å². The number of carbonyl (C=O) groups is 2. The molecule has 0 bridgehead atoms. The lowest BCUT2D eigenvalue weighted by atomic mass is 10.0. The van der Waals surface area contributed by atoms with Crippen molar-refractivity contribution in [1.29, 1.82) is 0 Å². The number of amides is 2. The monoisotopic (exact) mass is 246 g/mol. The van der Waals surface area contributed by atoms with Crippen LogP contribution in [-0.2, 0) is 9.59 Å². The SMILES string of the molecule is CCC(CC)CNC(=O)CCSCC(N)=O. The van der Waals surface area contributed by atoms with Crippen LogP contribution in [0.4, 0.5) is 0 Å². The maximum absolute atomic E-state index is 11.4. The van der Waals surface area contributed by atoms with Crippen LogP contribution < -0.4 is 11.1 Å². The van der Waals surface area contributed by atoms with Gasteiger partial charge in [0.25, 0.3) is 0 Å². The molecule has 0 saturated heterocycles. The molecule has 5 heteroatoms. The van der Waals surface area contributed by atoms with Gasteiger partial charge in [-0.25, -0.2) is 0 Å². The summed E-state index contributed by atoms with van der Waals surface area (Å²) in [6.45, 7) is 5.01. The highest BCUT2D eigenvalue weighted by atomic mass is 32.2. The molecule has 0 aliphatic carbocycles. The molecule has 0 aliphatic heterocycles. The molecule has 3 N–H and O–H groups in total. The van der Waals surface area contributed by atoms with Crippen LogP contribution in [0.2, 0.25) is 0 Å². The van der Waals surface area contributed by atoms with Gasteiger partial charge in [-0.05, 0) is 5.92 Å². The van der Waals surface area contributed by atoms with Crippen LogP contribution in [0.15, 0.2) is 0 Å². The van der Waals surface area contributed by atoms with Crippen LogP contribution in [0.5, 0.6) is 0 Å². The Kier molecular flexibility index (Phi) is 9.09. The lowest BCUT2D eigenvalue weighted by Gasteiger charge is -2.12. The molecule has 16 heavy (non-hydrogen) atoms. The van der Waals surface area contributed by atoms with Crippen molar-refractivity contribution >= 4 is 23.6 Å². The average Bonchev–Trinajstić information content (AvgIpc) is 2.25. The van der Waals surface area contributed by atoms with E-state index in [0.29, 0.717) is 23.8 Å². The highest BCUT2D eigenvalue weighted by Crippen LogP contribution is 2.06. The van der Waals surface area contributed by atoms with E-state index in [0.717, 1.165) is 19.4 Å². The van der Waals surface area contributed by atoms with Crippen molar-refractivity contribution in [2.75, 3.05) is 18.1 Å². The molecule has 2 amide bonds. The van der Waals surface area contributed by atoms with Crippen molar-refractivity contribution in [3.05, 3.63) is 0 Å². The van der Waals surface area contributed by atoms with Crippen LogP contribution in [0.1, 0.15) is 33.1 Å². The number of rotatable bonds is 9. The summed E-state index contributed by atoms with van der Waals surface area (Å²) < 4.78 is 0. The minimum atomic E-state index is -0.331. The molecular formula is C11H22N2O2S. The summed E-state index contributed by atoms with van der Waals surface area (Å²) in [4.78, 5) is 21.8. The van der Waals surface area contributed by atoms with Crippen molar-refractivity contribution in [3.8, 4) is 0 Å². The Morgan fingerprint density at radius 3 is 2.44 bits per heavy atom. The molecule has 0 aliphatic rings. The molecule has 0 aromatic rings. The lowest BCUT2D eigenvalue weighted by Crippen LogP contribution is -2.29. The molecule has 94 valence electrons. The normalized spacial score (nSPS) is 10.4. The fraction of sp³-hybridized carbons (Fsp3) is 0.818. The number of nitrogens with two attached hydrogens (primary N) is 1. The van der Waals surface area contributed by atoms with E-state index in [1.54, 1.807) is 0 Å². The molecule has 0 radical (unpaired) electrons. The maximum Gasteiger partial charge on any atom is 0.227 e. The van der Waals surface area contributed by atoms with Crippen LogP contribution in [0.25, 0.3) is 0 Å². The van der Waals surface area contributed by atoms with Gasteiger partial charge in [0.15, 0.2) is 0 Å². The van der Waals surface area contributed by atoms with Gasteiger partial charge in [0, 0.05) is 18.7 Å². The predicted octanol–water partition coefficient (Wildman–Crippen LogP) is 1.15. The number of nitrogens with one attached hydrogen (secondary N) is 1. The highest BCUT2D eigenvalue weighted by molar-refractivity contribution is 7.99. The quantitative estimate of drug-likeness (QED) is 0.599. The zero-order valence-corrected chi connectivity index (χ0v) is 10.9. The molecular weight excluding hydrogens is 224 g/mol. The van der Waals surface area contributed by atoms with Crippen molar-refractivity contribution in [2.24, 2.45) is 11.7 Å². The van der Waals surface area contributed by atoms with Crippen LogP contribution in [0.3, 0.4) is 0 Å². The van der Waals surface area contributed by atoms with Gasteiger partial charge in [-0.1, -0.05) is 26.7 Å². The van der Waals surface area contributed by atoms with E-state index in [-0.39, 0.29) is 11.8 Å². The molecule has 0 unspecified atom stereocenters. The Balaban J connectivity index is 3.47. The standard InChI is InChI=1S/C11H22N2O2S/c1-3-9(4-2)7-13-11(15)5-6-16-8-10(12)14/h9H,3-8H2,1-2H3,(H2,12,14)(H,13,15). The summed E-state index contributed by atoms with van der Waals surface area (Å²) in [6, 6.07) is 0. The minimum Gasteiger partial charge on any atom is -0.369 e. The second-order valence-corrected chi connectivity index (χ2v) is 4.86. The van der Waals surface area contributed by atoms with Gasteiger partial charge in [0.1, 0.15) is 0 Å². The molecule has 0 aromatic carbocycles. The summed E-state index contributed by atoms with van der Waals surface area (Å²) in [7, 11) is 0. The number of hydrogen-bond donors (Lipinski definition) is 2. The van der Waals surface area contributed by atoms with Crippen LogP contribution in [0, 0.1) is 5.92 Å². The minimum absolute atomic E-state index is 0.0591. The van der Waals surface area contributed by atoms with Gasteiger partial charge >= 0.3 is 0 Å². The van der Waals surface area contributed by atoms with E-state index < -0.39 is 0 Å². The Hall–Kier alpha value is -0.710. The molecule has 4 nitrogen and oxygen atoms in total. The molecule has 0 aromatic heterocycles. The fourth-order valence-corrected chi connectivity index (χ4v) is 1.94. The number of primary amides is 1. The largest absolute Gasteiger partial charge is 0.369 e. The Morgan fingerprint density at radius 2 is 1.94 bits per heavy atom. The average molecular weight is 246 g/mol. The summed E-state index contributed by atoms with van der Waals surface area (Å²) in [5, 5.41) is 2.90. The van der Waals surface area contributed by atoms with E-state index in [9.17, 15) is 9.59 Å². The van der Waals surface area contributed by atoms with Gasteiger partial charge in [-0.3, -0.25) is 9.59 Å². The zero-order valence-electron chi connectivity index (χ0n) is 10.1. The van der Waals surface area contributed by atoms with Gasteiger partial charge in [0.05, 0.1) is 5.75 Å². The zero-order chi connectivity index (χ0) is 12.4. The predicted molar refractivity (Wildman–Crippen MR) is 68.2 cm³/mol. The first-order chi connectivity index (χ1) is 7.60. The molecule has 0 atom stereocenters. The Morgan fingerprint density at radius 1 is 1.31 bits per heavy atom. The molecule has 0 saturated carbocycles. The van der Waals surface area contributed by atoms with E-state index in [2.05, 4.69) is 19.2 Å². The first kappa shape index (κ1) is 15.3. The number of thioether (sulfide) groups is 1. The summed E-state index contributed by atoms with van der Waals surface area (Å²) >= 11 is 1.40. The third-order valence-electron chi connectivity index (χ3n) is 2.46. The lowest BCUT2D eigenvalue weighted by molar-refractivity contribution is -0.121. The van der Waals surface area contributed by atoms with E-state index in [1.807, 2.05) is 0 Å². The number of carbonyl (C=O) groups excluding carboxylic acids is 2. The van der Waals surface area contributed by atoms with E-state index >= 15 is 0 Å². The summed E-state index contributed by atoms with van der Waals surface area (Å²) in [5.74, 6) is 1.24. The van der Waals surface area contributed by atoms with Crippen molar-refractivity contribution in [2.45, 2.75) is 33.1 Å². The Bertz CT molecular complexity index is 218. The summed E-state index contributed by atoms with van der Waals surface area (Å²) in [6.07, 6.45) is 2.64. The van der Waals surface area contributed by atoms with Gasteiger partial charge in [-0.2, -0.15) is 11.8 Å². The smallest absolute Gasteiger partial charge is 0.227 e. The van der Waals surface area contributed by atoms with Gasteiger partial charge in [-0.15, -0.1) is 0 Å². The molecule has 0 fully saturated rings. The third-order valence-corrected chi connectivity index (χ3v) is 3.44.